The highest BCUT2D eigenvalue weighted by atomic mass is 16.5. The van der Waals surface area contributed by atoms with Gasteiger partial charge in [0.15, 0.2) is 0 Å². The fraction of sp³-hybridized carbons (Fsp3) is 0.304. The molecule has 29 heavy (non-hydrogen) atoms. The van der Waals surface area contributed by atoms with Crippen molar-refractivity contribution in [1.82, 2.24) is 20.4 Å². The summed E-state index contributed by atoms with van der Waals surface area (Å²) in [5.74, 6) is 0. The molecule has 1 aromatic heterocycles. The summed E-state index contributed by atoms with van der Waals surface area (Å²) in [6.45, 7) is 7.00. The van der Waals surface area contributed by atoms with Gasteiger partial charge in [0.2, 0.25) is 0 Å². The molecule has 3 aromatic rings. The predicted molar refractivity (Wildman–Crippen MR) is 114 cm³/mol. The van der Waals surface area contributed by atoms with Crippen LogP contribution in [0.4, 0.5) is 4.79 Å². The molecule has 0 fully saturated rings. The summed E-state index contributed by atoms with van der Waals surface area (Å²) in [6.07, 6.45) is 1.81. The highest BCUT2D eigenvalue weighted by Crippen LogP contribution is 2.20. The van der Waals surface area contributed by atoms with Crippen LogP contribution < -0.4 is 10.6 Å². The third-order valence-corrected chi connectivity index (χ3v) is 5.00. The van der Waals surface area contributed by atoms with Crippen molar-refractivity contribution in [3.63, 3.8) is 0 Å². The number of hydrogen-bond donors (Lipinski definition) is 2. The quantitative estimate of drug-likeness (QED) is 0.633. The molecule has 6 heteroatoms. The zero-order valence-electron chi connectivity index (χ0n) is 17.4. The number of carbonyl (C=O) groups is 1. The summed E-state index contributed by atoms with van der Waals surface area (Å²) in [5.41, 5.74) is 6.31. The molecule has 2 N–H and O–H groups in total. The summed E-state index contributed by atoms with van der Waals surface area (Å²) in [4.78, 5) is 12.4. The van der Waals surface area contributed by atoms with Gasteiger partial charge in [-0.3, -0.25) is 0 Å². The van der Waals surface area contributed by atoms with Crippen LogP contribution in [0.2, 0.25) is 0 Å². The molecule has 0 aliphatic rings. The summed E-state index contributed by atoms with van der Waals surface area (Å²) in [7, 11) is 1.66. The van der Waals surface area contributed by atoms with E-state index < -0.39 is 0 Å². The van der Waals surface area contributed by atoms with E-state index in [-0.39, 0.29) is 12.1 Å². The number of carbonyl (C=O) groups excluding carboxylic acids is 1. The Morgan fingerprint density at radius 2 is 1.79 bits per heavy atom. The van der Waals surface area contributed by atoms with Gasteiger partial charge in [0.05, 0.1) is 24.5 Å². The SMILES string of the molecule is COCc1ccccc1CNC(=O)N[C@H](C)c1cnn(-c2ccc(C)cc2)c1C. The van der Waals surface area contributed by atoms with Crippen molar-refractivity contribution in [1.29, 1.82) is 0 Å². The topological polar surface area (TPSA) is 68.2 Å². The number of hydrogen-bond acceptors (Lipinski definition) is 3. The first kappa shape index (κ1) is 20.6. The molecule has 1 heterocycles. The van der Waals surface area contributed by atoms with Crippen LogP contribution in [0.1, 0.15) is 40.9 Å². The number of amides is 2. The van der Waals surface area contributed by atoms with E-state index in [4.69, 9.17) is 4.74 Å². The molecule has 0 unspecified atom stereocenters. The molecule has 6 nitrogen and oxygen atoms in total. The Morgan fingerprint density at radius 1 is 1.10 bits per heavy atom. The number of methoxy groups -OCH3 is 1. The van der Waals surface area contributed by atoms with Gasteiger partial charge in [-0.1, -0.05) is 42.0 Å². The molecule has 0 spiro atoms. The van der Waals surface area contributed by atoms with E-state index in [1.807, 2.05) is 61.1 Å². The monoisotopic (exact) mass is 392 g/mol. The van der Waals surface area contributed by atoms with Crippen LogP contribution in [0.25, 0.3) is 5.69 Å². The third kappa shape index (κ3) is 5.03. The van der Waals surface area contributed by atoms with E-state index in [1.54, 1.807) is 7.11 Å². The second-order valence-corrected chi connectivity index (χ2v) is 7.18. The van der Waals surface area contributed by atoms with E-state index in [1.165, 1.54) is 5.56 Å². The van der Waals surface area contributed by atoms with Gasteiger partial charge in [-0.25, -0.2) is 9.48 Å². The molecule has 2 amide bonds. The maximum Gasteiger partial charge on any atom is 0.315 e. The molecule has 0 radical (unpaired) electrons. The van der Waals surface area contributed by atoms with Gasteiger partial charge in [-0.15, -0.1) is 0 Å². The summed E-state index contributed by atoms with van der Waals surface area (Å²) in [5, 5.41) is 10.4. The molecular weight excluding hydrogens is 364 g/mol. The highest BCUT2D eigenvalue weighted by molar-refractivity contribution is 5.74. The maximum absolute atomic E-state index is 12.4. The molecule has 0 aliphatic heterocycles. The summed E-state index contributed by atoms with van der Waals surface area (Å²) >= 11 is 0. The Kier molecular flexibility index (Phi) is 6.67. The van der Waals surface area contributed by atoms with Crippen LogP contribution in [0.3, 0.4) is 0 Å². The number of rotatable bonds is 7. The minimum atomic E-state index is -0.216. The molecular formula is C23H28N4O2. The fourth-order valence-corrected chi connectivity index (χ4v) is 3.32. The van der Waals surface area contributed by atoms with Crippen LogP contribution in [-0.2, 0) is 17.9 Å². The second-order valence-electron chi connectivity index (χ2n) is 7.18. The molecule has 0 saturated heterocycles. The van der Waals surface area contributed by atoms with Crippen LogP contribution in [0.15, 0.2) is 54.7 Å². The first-order valence-corrected chi connectivity index (χ1v) is 9.71. The molecule has 1 atom stereocenters. The number of urea groups is 1. The molecule has 3 rings (SSSR count). The van der Waals surface area contributed by atoms with Crippen molar-refractivity contribution in [2.75, 3.05) is 7.11 Å². The van der Waals surface area contributed by atoms with E-state index in [2.05, 4.69) is 34.8 Å². The zero-order chi connectivity index (χ0) is 20.8. The van der Waals surface area contributed by atoms with Crippen LogP contribution in [-0.4, -0.2) is 22.9 Å². The largest absolute Gasteiger partial charge is 0.380 e. The average Bonchev–Trinajstić information content (AvgIpc) is 3.09. The summed E-state index contributed by atoms with van der Waals surface area (Å²) < 4.78 is 7.11. The van der Waals surface area contributed by atoms with Crippen molar-refractivity contribution in [2.24, 2.45) is 0 Å². The maximum atomic E-state index is 12.4. The van der Waals surface area contributed by atoms with Crippen LogP contribution >= 0.6 is 0 Å². The Hall–Kier alpha value is -3.12. The Labute approximate surface area is 171 Å². The lowest BCUT2D eigenvalue weighted by atomic mass is 10.1. The van der Waals surface area contributed by atoms with E-state index in [9.17, 15) is 4.79 Å². The first-order chi connectivity index (χ1) is 14.0. The molecule has 0 aliphatic carbocycles. The predicted octanol–water partition coefficient (Wildman–Crippen LogP) is 4.20. The van der Waals surface area contributed by atoms with Gasteiger partial charge in [0.25, 0.3) is 0 Å². The molecule has 2 aromatic carbocycles. The zero-order valence-corrected chi connectivity index (χ0v) is 17.4. The van der Waals surface area contributed by atoms with E-state index >= 15 is 0 Å². The van der Waals surface area contributed by atoms with Crippen molar-refractivity contribution in [3.8, 4) is 5.69 Å². The van der Waals surface area contributed by atoms with Crippen molar-refractivity contribution < 1.29 is 9.53 Å². The smallest absolute Gasteiger partial charge is 0.315 e. The van der Waals surface area contributed by atoms with Crippen molar-refractivity contribution >= 4 is 6.03 Å². The van der Waals surface area contributed by atoms with E-state index in [0.29, 0.717) is 13.2 Å². The van der Waals surface area contributed by atoms with E-state index in [0.717, 1.165) is 28.1 Å². The minimum absolute atomic E-state index is 0.164. The molecule has 0 bridgehead atoms. The fourth-order valence-electron chi connectivity index (χ4n) is 3.32. The Morgan fingerprint density at radius 3 is 2.48 bits per heavy atom. The summed E-state index contributed by atoms with van der Waals surface area (Å²) in [6, 6.07) is 15.8. The number of ether oxygens (including phenoxy) is 1. The standard InChI is InChI=1S/C23H28N4O2/c1-16-9-11-21(12-10-16)27-18(3)22(14-25-27)17(2)26-23(28)24-13-19-7-5-6-8-20(19)15-29-4/h5-12,14,17H,13,15H2,1-4H3,(H2,24,26,28)/t17-/m1/s1. The van der Waals surface area contributed by atoms with Gasteiger partial charge in [-0.2, -0.15) is 5.10 Å². The Balaban J connectivity index is 1.62. The second kappa shape index (κ2) is 9.39. The number of aryl methyl sites for hydroxylation is 1. The number of nitrogens with zero attached hydrogens (tertiary/aromatic N) is 2. The van der Waals surface area contributed by atoms with Gasteiger partial charge in [0.1, 0.15) is 0 Å². The minimum Gasteiger partial charge on any atom is -0.380 e. The third-order valence-electron chi connectivity index (χ3n) is 5.00. The first-order valence-electron chi connectivity index (χ1n) is 9.71. The number of nitrogens with one attached hydrogen (secondary N) is 2. The van der Waals surface area contributed by atoms with Crippen LogP contribution in [0.5, 0.6) is 0 Å². The Bertz CT molecular complexity index is 963. The number of aromatic nitrogens is 2. The lowest BCUT2D eigenvalue weighted by Gasteiger charge is -2.16. The van der Waals surface area contributed by atoms with Gasteiger partial charge < -0.3 is 15.4 Å². The normalized spacial score (nSPS) is 11.9. The number of benzene rings is 2. The highest BCUT2D eigenvalue weighted by Gasteiger charge is 2.16. The molecule has 152 valence electrons. The van der Waals surface area contributed by atoms with Gasteiger partial charge in [-0.05, 0) is 44.0 Å². The lowest BCUT2D eigenvalue weighted by molar-refractivity contribution is 0.184. The van der Waals surface area contributed by atoms with Gasteiger partial charge in [0, 0.05) is 24.9 Å². The van der Waals surface area contributed by atoms with Gasteiger partial charge >= 0.3 is 6.03 Å². The lowest BCUT2D eigenvalue weighted by Crippen LogP contribution is -2.37. The van der Waals surface area contributed by atoms with Crippen LogP contribution in [0, 0.1) is 13.8 Å². The van der Waals surface area contributed by atoms with Crippen molar-refractivity contribution in [2.45, 2.75) is 40.0 Å². The van der Waals surface area contributed by atoms with Crippen molar-refractivity contribution in [3.05, 3.63) is 82.7 Å². The average molecular weight is 393 g/mol. The molecule has 0 saturated carbocycles.